The zero-order valence-electron chi connectivity index (χ0n) is 8.67. The van der Waals surface area contributed by atoms with E-state index in [1.807, 2.05) is 0 Å². The molecule has 0 aromatic carbocycles. The van der Waals surface area contributed by atoms with Gasteiger partial charge in [0.1, 0.15) is 6.29 Å². The summed E-state index contributed by atoms with van der Waals surface area (Å²) in [5, 5.41) is 6.93. The number of hydrogen-bond donors (Lipinski definition) is 0. The SMILES string of the molecule is COC(=O)c1nnn(CC=O)c1C(=O)OC. The molecule has 0 radical (unpaired) electrons. The quantitative estimate of drug-likeness (QED) is 0.482. The zero-order valence-corrected chi connectivity index (χ0v) is 8.67. The summed E-state index contributed by atoms with van der Waals surface area (Å²) in [6.45, 7) is -0.200. The molecule has 8 nitrogen and oxygen atoms in total. The minimum Gasteiger partial charge on any atom is -0.464 e. The molecule has 0 aliphatic carbocycles. The van der Waals surface area contributed by atoms with Gasteiger partial charge in [-0.15, -0.1) is 5.10 Å². The van der Waals surface area contributed by atoms with Crippen LogP contribution in [-0.2, 0) is 20.8 Å². The summed E-state index contributed by atoms with van der Waals surface area (Å²) < 4.78 is 9.83. The van der Waals surface area contributed by atoms with Crippen molar-refractivity contribution in [3.8, 4) is 0 Å². The van der Waals surface area contributed by atoms with Gasteiger partial charge in [0.05, 0.1) is 20.8 Å². The van der Waals surface area contributed by atoms with Gasteiger partial charge in [-0.1, -0.05) is 5.21 Å². The van der Waals surface area contributed by atoms with Crippen molar-refractivity contribution in [2.24, 2.45) is 0 Å². The summed E-state index contributed by atoms with van der Waals surface area (Å²) in [5.74, 6) is -1.63. The van der Waals surface area contributed by atoms with E-state index in [1.165, 1.54) is 0 Å². The molecular weight excluding hydrogens is 218 g/mol. The Balaban J connectivity index is 3.23. The van der Waals surface area contributed by atoms with Crippen LogP contribution in [0.1, 0.15) is 21.0 Å². The van der Waals surface area contributed by atoms with Crippen LogP contribution in [0.3, 0.4) is 0 Å². The Hall–Kier alpha value is -2.25. The van der Waals surface area contributed by atoms with E-state index in [0.29, 0.717) is 6.29 Å². The summed E-state index contributed by atoms with van der Waals surface area (Å²) in [5.41, 5.74) is -0.488. The molecule has 1 aromatic rings. The average molecular weight is 227 g/mol. The summed E-state index contributed by atoms with van der Waals surface area (Å²) in [7, 11) is 2.28. The minimum atomic E-state index is -0.822. The van der Waals surface area contributed by atoms with E-state index in [9.17, 15) is 14.4 Å². The molecule has 1 aromatic heterocycles. The number of ether oxygens (including phenoxy) is 2. The van der Waals surface area contributed by atoms with Crippen molar-refractivity contribution >= 4 is 18.2 Å². The van der Waals surface area contributed by atoms with Crippen LogP contribution >= 0.6 is 0 Å². The first kappa shape index (κ1) is 11.8. The van der Waals surface area contributed by atoms with Gasteiger partial charge in [-0.3, -0.25) is 0 Å². The van der Waals surface area contributed by atoms with Crippen LogP contribution in [0.4, 0.5) is 0 Å². The van der Waals surface area contributed by atoms with E-state index < -0.39 is 11.9 Å². The molecule has 0 N–H and O–H groups in total. The number of esters is 2. The summed E-state index contributed by atoms with van der Waals surface area (Å²) in [4.78, 5) is 32.9. The molecule has 0 aliphatic rings. The second kappa shape index (κ2) is 5.01. The molecule has 0 atom stereocenters. The molecule has 0 amide bonds. The lowest BCUT2D eigenvalue weighted by molar-refractivity contribution is -0.108. The van der Waals surface area contributed by atoms with Gasteiger partial charge in [0.25, 0.3) is 0 Å². The highest BCUT2D eigenvalue weighted by Crippen LogP contribution is 2.08. The van der Waals surface area contributed by atoms with Crippen LogP contribution in [0.2, 0.25) is 0 Å². The summed E-state index contributed by atoms with van der Waals surface area (Å²) in [6.07, 6.45) is 0.516. The van der Waals surface area contributed by atoms with Gasteiger partial charge in [-0.2, -0.15) is 0 Å². The number of nitrogens with zero attached hydrogens (tertiary/aromatic N) is 3. The van der Waals surface area contributed by atoms with Crippen molar-refractivity contribution in [2.45, 2.75) is 6.54 Å². The third-order valence-corrected chi connectivity index (χ3v) is 1.74. The Morgan fingerprint density at radius 3 is 2.44 bits per heavy atom. The third kappa shape index (κ3) is 2.05. The monoisotopic (exact) mass is 227 g/mol. The lowest BCUT2D eigenvalue weighted by atomic mass is 10.3. The van der Waals surface area contributed by atoms with Crippen molar-refractivity contribution in [3.05, 3.63) is 11.4 Å². The number of carbonyl (C=O) groups excluding carboxylic acids is 3. The molecule has 8 heteroatoms. The molecule has 0 saturated carbocycles. The van der Waals surface area contributed by atoms with Crippen LogP contribution < -0.4 is 0 Å². The van der Waals surface area contributed by atoms with Crippen molar-refractivity contribution in [1.82, 2.24) is 15.0 Å². The zero-order chi connectivity index (χ0) is 12.1. The van der Waals surface area contributed by atoms with Gasteiger partial charge >= 0.3 is 11.9 Å². The highest BCUT2D eigenvalue weighted by atomic mass is 16.5. The number of methoxy groups -OCH3 is 2. The smallest absolute Gasteiger partial charge is 0.361 e. The van der Waals surface area contributed by atoms with Crippen molar-refractivity contribution in [3.63, 3.8) is 0 Å². The first-order valence-corrected chi connectivity index (χ1v) is 4.19. The molecule has 0 bridgehead atoms. The maximum Gasteiger partial charge on any atom is 0.361 e. The van der Waals surface area contributed by atoms with Crippen LogP contribution in [-0.4, -0.2) is 47.4 Å². The van der Waals surface area contributed by atoms with Gasteiger partial charge in [0.2, 0.25) is 5.69 Å². The van der Waals surface area contributed by atoms with E-state index in [4.69, 9.17) is 0 Å². The Labute approximate surface area is 90.1 Å². The first-order chi connectivity index (χ1) is 7.65. The first-order valence-electron chi connectivity index (χ1n) is 4.19. The van der Waals surface area contributed by atoms with Crippen molar-refractivity contribution in [2.75, 3.05) is 14.2 Å². The normalized spacial score (nSPS) is 9.62. The van der Waals surface area contributed by atoms with Crippen molar-refractivity contribution in [1.29, 1.82) is 0 Å². The number of carbonyl (C=O) groups is 3. The molecule has 0 spiro atoms. The molecule has 0 fully saturated rings. The predicted octanol–water partition coefficient (Wildman–Crippen LogP) is -0.950. The number of aromatic nitrogens is 3. The number of hydrogen-bond acceptors (Lipinski definition) is 7. The largest absolute Gasteiger partial charge is 0.464 e. The van der Waals surface area contributed by atoms with Crippen LogP contribution in [0.5, 0.6) is 0 Å². The third-order valence-electron chi connectivity index (χ3n) is 1.74. The van der Waals surface area contributed by atoms with Gasteiger partial charge in [-0.25, -0.2) is 14.3 Å². The molecule has 86 valence electrons. The summed E-state index contributed by atoms with van der Waals surface area (Å²) in [6, 6.07) is 0. The molecule has 16 heavy (non-hydrogen) atoms. The van der Waals surface area contributed by atoms with Gasteiger partial charge in [0, 0.05) is 0 Å². The average Bonchev–Trinajstić information content (AvgIpc) is 2.71. The van der Waals surface area contributed by atoms with Crippen LogP contribution in [0.25, 0.3) is 0 Å². The molecule has 0 saturated heterocycles. The minimum absolute atomic E-state index is 0.200. The summed E-state index contributed by atoms with van der Waals surface area (Å²) >= 11 is 0. The number of rotatable bonds is 4. The Morgan fingerprint density at radius 2 is 1.94 bits per heavy atom. The molecular formula is C8H9N3O5. The van der Waals surface area contributed by atoms with Crippen LogP contribution in [0, 0.1) is 0 Å². The van der Waals surface area contributed by atoms with E-state index in [2.05, 4.69) is 19.8 Å². The predicted molar refractivity (Wildman–Crippen MR) is 48.8 cm³/mol. The maximum absolute atomic E-state index is 11.4. The Kier molecular flexibility index (Phi) is 3.70. The molecule has 0 aliphatic heterocycles. The van der Waals surface area contributed by atoms with Gasteiger partial charge in [-0.05, 0) is 0 Å². The highest BCUT2D eigenvalue weighted by Gasteiger charge is 2.26. The second-order valence-corrected chi connectivity index (χ2v) is 2.62. The van der Waals surface area contributed by atoms with Crippen molar-refractivity contribution < 1.29 is 23.9 Å². The van der Waals surface area contributed by atoms with E-state index in [0.717, 1.165) is 18.9 Å². The number of aldehydes is 1. The fourth-order valence-corrected chi connectivity index (χ4v) is 1.04. The van der Waals surface area contributed by atoms with E-state index in [1.54, 1.807) is 0 Å². The highest BCUT2D eigenvalue weighted by molar-refractivity contribution is 6.00. The maximum atomic E-state index is 11.4. The lowest BCUT2D eigenvalue weighted by Gasteiger charge is -2.01. The fourth-order valence-electron chi connectivity index (χ4n) is 1.04. The standard InChI is InChI=1S/C8H9N3O5/c1-15-7(13)5-6(8(14)16-2)11(3-4-12)10-9-5/h4H,3H2,1-2H3. The topological polar surface area (TPSA) is 100 Å². The Bertz CT molecular complexity index is 425. The Morgan fingerprint density at radius 1 is 1.31 bits per heavy atom. The fraction of sp³-hybridized carbons (Fsp3) is 0.375. The van der Waals surface area contributed by atoms with Gasteiger partial charge < -0.3 is 14.3 Å². The lowest BCUT2D eigenvalue weighted by Crippen LogP contribution is -2.16. The van der Waals surface area contributed by atoms with Crippen LogP contribution in [0.15, 0.2) is 0 Å². The van der Waals surface area contributed by atoms with E-state index in [-0.39, 0.29) is 17.9 Å². The molecule has 1 rings (SSSR count). The van der Waals surface area contributed by atoms with E-state index >= 15 is 0 Å². The van der Waals surface area contributed by atoms with Gasteiger partial charge in [0.15, 0.2) is 5.69 Å². The second-order valence-electron chi connectivity index (χ2n) is 2.62. The molecule has 1 heterocycles. The molecule has 0 unspecified atom stereocenters.